The third-order valence-electron chi connectivity index (χ3n) is 2.79. The quantitative estimate of drug-likeness (QED) is 0.626. The highest BCUT2D eigenvalue weighted by Crippen LogP contribution is 2.21. The normalized spacial score (nSPS) is 26.6. The SMILES string of the molecule is COc1ccc(C=N[C@H]2CS(=O)(=O)C[C@H]2Cl)cc1. The second-order valence-corrected chi connectivity index (χ2v) is 6.93. The predicted molar refractivity (Wildman–Crippen MR) is 72.7 cm³/mol. The van der Waals surface area contributed by atoms with Gasteiger partial charge in [-0.15, -0.1) is 11.6 Å². The molecule has 98 valence electrons. The highest BCUT2D eigenvalue weighted by Gasteiger charge is 2.35. The molecule has 0 saturated carbocycles. The highest BCUT2D eigenvalue weighted by molar-refractivity contribution is 7.91. The Morgan fingerprint density at radius 2 is 2.00 bits per heavy atom. The van der Waals surface area contributed by atoms with Crippen LogP contribution in [0.25, 0.3) is 0 Å². The van der Waals surface area contributed by atoms with Crippen molar-refractivity contribution < 1.29 is 13.2 Å². The van der Waals surface area contributed by atoms with E-state index in [2.05, 4.69) is 4.99 Å². The molecule has 2 atom stereocenters. The van der Waals surface area contributed by atoms with Gasteiger partial charge in [-0.1, -0.05) is 0 Å². The van der Waals surface area contributed by atoms with Gasteiger partial charge in [0.25, 0.3) is 0 Å². The Morgan fingerprint density at radius 3 is 2.50 bits per heavy atom. The molecule has 0 aromatic heterocycles. The Hall–Kier alpha value is -1.07. The molecule has 0 spiro atoms. The minimum absolute atomic E-state index is 0.0131. The molecule has 1 fully saturated rings. The summed E-state index contributed by atoms with van der Waals surface area (Å²) in [6.45, 7) is 0. The lowest BCUT2D eigenvalue weighted by atomic mass is 10.2. The lowest BCUT2D eigenvalue weighted by Gasteiger charge is -2.05. The Labute approximate surface area is 112 Å². The second-order valence-electron chi connectivity index (χ2n) is 4.21. The lowest BCUT2D eigenvalue weighted by Crippen LogP contribution is -2.16. The molecule has 2 rings (SSSR count). The zero-order valence-electron chi connectivity index (χ0n) is 9.91. The van der Waals surface area contributed by atoms with E-state index in [9.17, 15) is 8.42 Å². The number of ether oxygens (including phenoxy) is 1. The van der Waals surface area contributed by atoms with Gasteiger partial charge < -0.3 is 4.74 Å². The van der Waals surface area contributed by atoms with E-state index in [0.29, 0.717) is 0 Å². The fourth-order valence-electron chi connectivity index (χ4n) is 1.79. The van der Waals surface area contributed by atoms with Crippen LogP contribution in [0.1, 0.15) is 5.56 Å². The number of hydrogen-bond donors (Lipinski definition) is 0. The van der Waals surface area contributed by atoms with Crippen LogP contribution in [0, 0.1) is 0 Å². The molecule has 0 amide bonds. The fraction of sp³-hybridized carbons (Fsp3) is 0.417. The largest absolute Gasteiger partial charge is 0.497 e. The first-order valence-corrected chi connectivity index (χ1v) is 7.78. The molecule has 0 N–H and O–H groups in total. The van der Waals surface area contributed by atoms with Crippen LogP contribution in [0.5, 0.6) is 5.75 Å². The third-order valence-corrected chi connectivity index (χ3v) is 5.13. The van der Waals surface area contributed by atoms with Gasteiger partial charge in [0, 0.05) is 6.21 Å². The third kappa shape index (κ3) is 3.23. The molecule has 1 aromatic carbocycles. The Kier molecular flexibility index (Phi) is 3.92. The van der Waals surface area contributed by atoms with Crippen molar-refractivity contribution in [3.8, 4) is 5.75 Å². The van der Waals surface area contributed by atoms with Gasteiger partial charge in [-0.05, 0) is 29.8 Å². The molecular weight excluding hydrogens is 274 g/mol. The molecule has 18 heavy (non-hydrogen) atoms. The number of halogens is 1. The number of methoxy groups -OCH3 is 1. The van der Waals surface area contributed by atoms with Crippen molar-refractivity contribution in [2.75, 3.05) is 18.6 Å². The maximum atomic E-state index is 11.4. The molecule has 0 bridgehead atoms. The van der Waals surface area contributed by atoms with E-state index in [1.54, 1.807) is 13.3 Å². The van der Waals surface area contributed by atoms with E-state index in [4.69, 9.17) is 16.3 Å². The summed E-state index contributed by atoms with van der Waals surface area (Å²) in [4.78, 5) is 4.25. The summed E-state index contributed by atoms with van der Waals surface area (Å²) in [6, 6.07) is 7.01. The number of aliphatic imine (C=N–C) groups is 1. The van der Waals surface area contributed by atoms with Crippen molar-refractivity contribution in [2.24, 2.45) is 4.99 Å². The molecule has 1 aliphatic rings. The number of benzene rings is 1. The Morgan fingerprint density at radius 1 is 1.33 bits per heavy atom. The highest BCUT2D eigenvalue weighted by atomic mass is 35.5. The van der Waals surface area contributed by atoms with E-state index in [1.807, 2.05) is 24.3 Å². The lowest BCUT2D eigenvalue weighted by molar-refractivity contribution is 0.415. The van der Waals surface area contributed by atoms with Crippen molar-refractivity contribution in [3.63, 3.8) is 0 Å². The van der Waals surface area contributed by atoms with E-state index >= 15 is 0 Å². The maximum absolute atomic E-state index is 11.4. The summed E-state index contributed by atoms with van der Waals surface area (Å²) in [5, 5.41) is -0.426. The van der Waals surface area contributed by atoms with Gasteiger partial charge in [-0.3, -0.25) is 4.99 Å². The number of hydrogen-bond acceptors (Lipinski definition) is 4. The van der Waals surface area contributed by atoms with E-state index in [0.717, 1.165) is 11.3 Å². The number of alkyl halides is 1. The fourth-order valence-corrected chi connectivity index (χ4v) is 4.31. The minimum atomic E-state index is -3.03. The second kappa shape index (κ2) is 5.28. The van der Waals surface area contributed by atoms with Gasteiger partial charge in [0.1, 0.15) is 5.75 Å². The van der Waals surface area contributed by atoms with Crippen LogP contribution in [-0.4, -0.2) is 44.7 Å². The van der Waals surface area contributed by atoms with Crippen LogP contribution in [-0.2, 0) is 9.84 Å². The number of sulfone groups is 1. The van der Waals surface area contributed by atoms with Gasteiger partial charge >= 0.3 is 0 Å². The zero-order chi connectivity index (χ0) is 13.2. The van der Waals surface area contributed by atoms with Crippen molar-refractivity contribution in [1.82, 2.24) is 0 Å². The van der Waals surface area contributed by atoms with E-state index < -0.39 is 15.2 Å². The zero-order valence-corrected chi connectivity index (χ0v) is 11.5. The van der Waals surface area contributed by atoms with E-state index in [1.165, 1.54) is 0 Å². The molecule has 1 aromatic rings. The number of rotatable bonds is 3. The minimum Gasteiger partial charge on any atom is -0.497 e. The average molecular weight is 288 g/mol. The maximum Gasteiger partial charge on any atom is 0.153 e. The van der Waals surface area contributed by atoms with Crippen LogP contribution in [0.2, 0.25) is 0 Å². The summed E-state index contributed by atoms with van der Waals surface area (Å²) in [5.41, 5.74) is 0.893. The van der Waals surface area contributed by atoms with Gasteiger partial charge in [-0.2, -0.15) is 0 Å². The molecule has 6 heteroatoms. The van der Waals surface area contributed by atoms with Crippen molar-refractivity contribution >= 4 is 27.7 Å². The van der Waals surface area contributed by atoms with Gasteiger partial charge in [0.2, 0.25) is 0 Å². The average Bonchev–Trinajstić information content (AvgIpc) is 2.60. The molecule has 1 heterocycles. The van der Waals surface area contributed by atoms with Crippen LogP contribution in [0.3, 0.4) is 0 Å². The van der Waals surface area contributed by atoms with E-state index in [-0.39, 0.29) is 17.5 Å². The topological polar surface area (TPSA) is 55.7 Å². The van der Waals surface area contributed by atoms with Crippen LogP contribution in [0.4, 0.5) is 0 Å². The summed E-state index contributed by atoms with van der Waals surface area (Å²) in [6.07, 6.45) is 1.65. The molecule has 1 saturated heterocycles. The van der Waals surface area contributed by atoms with Crippen molar-refractivity contribution in [2.45, 2.75) is 11.4 Å². The molecule has 4 nitrogen and oxygen atoms in total. The molecular formula is C12H14ClNO3S. The first kappa shape index (κ1) is 13.4. The first-order chi connectivity index (χ1) is 8.50. The predicted octanol–water partition coefficient (Wildman–Crippen LogP) is 1.52. The molecule has 0 aliphatic carbocycles. The Bertz CT molecular complexity index is 539. The van der Waals surface area contributed by atoms with Crippen LogP contribution >= 0.6 is 11.6 Å². The number of nitrogens with zero attached hydrogens (tertiary/aromatic N) is 1. The monoisotopic (exact) mass is 287 g/mol. The first-order valence-electron chi connectivity index (χ1n) is 5.52. The van der Waals surface area contributed by atoms with Gasteiger partial charge in [0.15, 0.2) is 9.84 Å². The summed E-state index contributed by atoms with van der Waals surface area (Å²) >= 11 is 5.96. The molecule has 1 aliphatic heterocycles. The van der Waals surface area contributed by atoms with Crippen LogP contribution in [0.15, 0.2) is 29.3 Å². The van der Waals surface area contributed by atoms with Crippen LogP contribution < -0.4 is 4.74 Å². The molecule has 0 radical (unpaired) electrons. The summed E-state index contributed by atoms with van der Waals surface area (Å²) in [7, 11) is -1.42. The smallest absolute Gasteiger partial charge is 0.153 e. The van der Waals surface area contributed by atoms with Gasteiger partial charge in [0.05, 0.1) is 30.0 Å². The Balaban J connectivity index is 2.06. The summed E-state index contributed by atoms with van der Waals surface area (Å²) in [5.74, 6) is 0.818. The summed E-state index contributed by atoms with van der Waals surface area (Å²) < 4.78 is 27.8. The molecule has 0 unspecified atom stereocenters. The van der Waals surface area contributed by atoms with Crippen molar-refractivity contribution in [1.29, 1.82) is 0 Å². The van der Waals surface area contributed by atoms with Crippen molar-refractivity contribution in [3.05, 3.63) is 29.8 Å². The standard InChI is InChI=1S/C12H14ClNO3S/c1-17-10-4-2-9(3-5-10)6-14-12-8-18(15,16)7-11(12)13/h2-6,11-12H,7-8H2,1H3/t11-,12+/m1/s1. The van der Waals surface area contributed by atoms with Gasteiger partial charge in [-0.25, -0.2) is 8.42 Å².